The smallest absolute Gasteiger partial charge is 0.325 e. The van der Waals surface area contributed by atoms with E-state index >= 15 is 0 Å². The van der Waals surface area contributed by atoms with Gasteiger partial charge in [0.15, 0.2) is 0 Å². The molecule has 0 saturated carbocycles. The number of hydrogen-bond donors (Lipinski definition) is 2. The Morgan fingerprint density at radius 3 is 2.36 bits per heavy atom. The first kappa shape index (κ1) is 21.6. The molecule has 0 fully saturated rings. The molecule has 150 valence electrons. The first-order valence-electron chi connectivity index (χ1n) is 8.13. The number of carbonyl (C=O) groups excluding carboxylic acids is 2. The second kappa shape index (κ2) is 9.03. The number of alkyl halides is 3. The molecule has 28 heavy (non-hydrogen) atoms. The predicted molar refractivity (Wildman–Crippen MR) is 100 cm³/mol. The molecule has 0 saturated heterocycles. The van der Waals surface area contributed by atoms with E-state index in [0.29, 0.717) is 5.82 Å². The maximum atomic E-state index is 12.9. The summed E-state index contributed by atoms with van der Waals surface area (Å²) in [7, 11) is 1.53. The first-order chi connectivity index (χ1) is 13.0. The normalized spacial score (nSPS) is 11.4. The van der Waals surface area contributed by atoms with Gasteiger partial charge in [0.25, 0.3) is 0 Å². The van der Waals surface area contributed by atoms with Crippen molar-refractivity contribution in [2.75, 3.05) is 30.8 Å². The molecule has 0 unspecified atom stereocenters. The number of benzene rings is 1. The number of hydrogen-bond acceptors (Lipinski definition) is 4. The molecule has 1 aromatic carbocycles. The number of amides is 2. The average molecular weight is 415 g/mol. The van der Waals surface area contributed by atoms with E-state index < -0.39 is 22.7 Å². The molecule has 10 heteroatoms. The minimum absolute atomic E-state index is 0.0384. The quantitative estimate of drug-likeness (QED) is 0.757. The highest BCUT2D eigenvalue weighted by Crippen LogP contribution is 2.36. The van der Waals surface area contributed by atoms with Crippen molar-refractivity contribution in [1.82, 2.24) is 9.88 Å². The molecule has 0 bridgehead atoms. The summed E-state index contributed by atoms with van der Waals surface area (Å²) < 4.78 is 38.6. The highest BCUT2D eigenvalue weighted by molar-refractivity contribution is 6.31. The monoisotopic (exact) mass is 414 g/mol. The van der Waals surface area contributed by atoms with Gasteiger partial charge in [0.1, 0.15) is 5.82 Å². The van der Waals surface area contributed by atoms with Gasteiger partial charge in [-0.2, -0.15) is 13.2 Å². The van der Waals surface area contributed by atoms with Crippen LogP contribution in [-0.2, 0) is 15.8 Å². The van der Waals surface area contributed by atoms with Crippen LogP contribution in [0.4, 0.5) is 24.7 Å². The van der Waals surface area contributed by atoms with E-state index in [9.17, 15) is 22.8 Å². The third kappa shape index (κ3) is 6.50. The molecular weight excluding hydrogens is 397 g/mol. The van der Waals surface area contributed by atoms with Crippen molar-refractivity contribution in [2.45, 2.75) is 13.1 Å². The lowest BCUT2D eigenvalue weighted by molar-refractivity contribution is -0.137. The zero-order valence-electron chi connectivity index (χ0n) is 15.1. The molecule has 2 N–H and O–H groups in total. The van der Waals surface area contributed by atoms with Crippen molar-refractivity contribution in [3.05, 3.63) is 52.7 Å². The van der Waals surface area contributed by atoms with Crippen LogP contribution in [0.15, 0.2) is 36.4 Å². The van der Waals surface area contributed by atoms with Gasteiger partial charge in [0.2, 0.25) is 11.8 Å². The fraction of sp³-hybridized carbons (Fsp3) is 0.278. The number of carbonyl (C=O) groups is 2. The van der Waals surface area contributed by atoms with Gasteiger partial charge in [-0.1, -0.05) is 17.7 Å². The highest BCUT2D eigenvalue weighted by atomic mass is 35.5. The van der Waals surface area contributed by atoms with Crippen LogP contribution in [0, 0.1) is 6.92 Å². The van der Waals surface area contributed by atoms with Gasteiger partial charge in [0, 0.05) is 11.4 Å². The number of likely N-dealkylation sites (N-methyl/N-ethyl adjacent to an activating group) is 1. The second-order valence-corrected chi connectivity index (χ2v) is 6.53. The zero-order chi connectivity index (χ0) is 20.9. The zero-order valence-corrected chi connectivity index (χ0v) is 15.9. The van der Waals surface area contributed by atoms with Crippen LogP contribution < -0.4 is 10.6 Å². The first-order valence-corrected chi connectivity index (χ1v) is 8.51. The topological polar surface area (TPSA) is 74.3 Å². The summed E-state index contributed by atoms with van der Waals surface area (Å²) in [5, 5.41) is 4.51. The largest absolute Gasteiger partial charge is 0.417 e. The van der Waals surface area contributed by atoms with Crippen molar-refractivity contribution >= 4 is 34.9 Å². The fourth-order valence-corrected chi connectivity index (χ4v) is 2.59. The van der Waals surface area contributed by atoms with Crippen molar-refractivity contribution in [3.8, 4) is 0 Å². The highest BCUT2D eigenvalue weighted by Gasteiger charge is 2.33. The van der Waals surface area contributed by atoms with Crippen LogP contribution in [0.5, 0.6) is 0 Å². The van der Waals surface area contributed by atoms with E-state index in [1.807, 2.05) is 0 Å². The number of pyridine rings is 1. The molecular formula is C18H18ClF3N4O2. The Morgan fingerprint density at radius 1 is 1.11 bits per heavy atom. The van der Waals surface area contributed by atoms with E-state index in [2.05, 4.69) is 15.6 Å². The summed E-state index contributed by atoms with van der Waals surface area (Å²) in [6.07, 6.45) is -4.63. The molecule has 2 rings (SSSR count). The Hall–Kier alpha value is -2.65. The summed E-state index contributed by atoms with van der Waals surface area (Å²) >= 11 is 5.54. The molecule has 0 radical (unpaired) electrons. The van der Waals surface area contributed by atoms with Crippen molar-refractivity contribution in [3.63, 3.8) is 0 Å². The number of nitrogens with zero attached hydrogens (tertiary/aromatic N) is 2. The number of aromatic nitrogens is 1. The summed E-state index contributed by atoms with van der Waals surface area (Å²) in [4.78, 5) is 29.6. The van der Waals surface area contributed by atoms with E-state index in [4.69, 9.17) is 11.6 Å². The molecule has 0 aliphatic heterocycles. The predicted octanol–water partition coefficient (Wildman–Crippen LogP) is 3.57. The van der Waals surface area contributed by atoms with Gasteiger partial charge in [-0.15, -0.1) is 0 Å². The van der Waals surface area contributed by atoms with Gasteiger partial charge in [-0.25, -0.2) is 4.98 Å². The van der Waals surface area contributed by atoms with Crippen LogP contribution in [0.25, 0.3) is 0 Å². The summed E-state index contributed by atoms with van der Waals surface area (Å²) in [6, 6.07) is 8.26. The van der Waals surface area contributed by atoms with E-state index in [0.717, 1.165) is 17.8 Å². The SMILES string of the molecule is Cc1cccc(NC(=O)CN(C)CC(=O)Nc2ccc(Cl)c(C(F)(F)F)c2)n1. The van der Waals surface area contributed by atoms with E-state index in [-0.39, 0.29) is 24.7 Å². The minimum Gasteiger partial charge on any atom is -0.325 e. The Bertz CT molecular complexity index is 874. The van der Waals surface area contributed by atoms with Gasteiger partial charge in [-0.05, 0) is 44.3 Å². The molecule has 2 amide bonds. The second-order valence-electron chi connectivity index (χ2n) is 6.13. The van der Waals surface area contributed by atoms with Crippen molar-refractivity contribution in [1.29, 1.82) is 0 Å². The fourth-order valence-electron chi connectivity index (χ4n) is 2.36. The molecule has 0 atom stereocenters. The van der Waals surface area contributed by atoms with Crippen LogP contribution >= 0.6 is 11.6 Å². The average Bonchev–Trinajstić information content (AvgIpc) is 2.55. The number of halogens is 4. The molecule has 0 spiro atoms. The van der Waals surface area contributed by atoms with Gasteiger partial charge < -0.3 is 10.6 Å². The number of aryl methyl sites for hydroxylation is 1. The van der Waals surface area contributed by atoms with Crippen molar-refractivity contribution in [2.24, 2.45) is 0 Å². The standard InChI is InChI=1S/C18H18ClF3N4O2/c1-11-4-3-5-15(23-11)25-17(28)10-26(2)9-16(27)24-12-6-7-14(19)13(8-12)18(20,21)22/h3-8H,9-10H2,1-2H3,(H,24,27)(H,23,25,28). The van der Waals surface area contributed by atoms with E-state index in [1.54, 1.807) is 25.1 Å². The molecule has 2 aromatic rings. The number of nitrogens with one attached hydrogen (secondary N) is 2. The van der Waals surface area contributed by atoms with Gasteiger partial charge >= 0.3 is 6.18 Å². The molecule has 6 nitrogen and oxygen atoms in total. The lowest BCUT2D eigenvalue weighted by Gasteiger charge is -2.16. The van der Waals surface area contributed by atoms with Gasteiger partial charge in [-0.3, -0.25) is 14.5 Å². The number of anilines is 2. The lowest BCUT2D eigenvalue weighted by atomic mass is 10.2. The van der Waals surface area contributed by atoms with Gasteiger partial charge in [0.05, 0.1) is 23.7 Å². The molecule has 1 aromatic heterocycles. The Labute approximate surface area is 164 Å². The van der Waals surface area contributed by atoms with E-state index in [1.165, 1.54) is 18.0 Å². The van der Waals surface area contributed by atoms with Crippen molar-refractivity contribution < 1.29 is 22.8 Å². The van der Waals surface area contributed by atoms with Crippen LogP contribution in [-0.4, -0.2) is 41.8 Å². The molecule has 0 aliphatic rings. The number of rotatable bonds is 6. The molecule has 1 heterocycles. The maximum absolute atomic E-state index is 12.9. The minimum atomic E-state index is -4.63. The van der Waals surface area contributed by atoms with Crippen LogP contribution in [0.1, 0.15) is 11.3 Å². The van der Waals surface area contributed by atoms with Crippen LogP contribution in [0.2, 0.25) is 5.02 Å². The third-order valence-electron chi connectivity index (χ3n) is 3.54. The lowest BCUT2D eigenvalue weighted by Crippen LogP contribution is -2.36. The Morgan fingerprint density at radius 2 is 1.75 bits per heavy atom. The summed E-state index contributed by atoms with van der Waals surface area (Å²) in [5.74, 6) is -0.553. The third-order valence-corrected chi connectivity index (χ3v) is 3.87. The van der Waals surface area contributed by atoms with Crippen LogP contribution in [0.3, 0.4) is 0 Å². The maximum Gasteiger partial charge on any atom is 0.417 e. The summed E-state index contributed by atoms with van der Waals surface area (Å²) in [5.41, 5.74) is -0.333. The Balaban J connectivity index is 1.89. The Kier molecular flexibility index (Phi) is 6.98. The molecule has 0 aliphatic carbocycles. The summed E-state index contributed by atoms with van der Waals surface area (Å²) in [6.45, 7) is 1.49.